The summed E-state index contributed by atoms with van der Waals surface area (Å²) < 4.78 is 19.7. The number of aromatic nitrogens is 2. The second-order valence-corrected chi connectivity index (χ2v) is 5.91. The van der Waals surface area contributed by atoms with E-state index in [4.69, 9.17) is 14.2 Å². The van der Waals surface area contributed by atoms with E-state index >= 15 is 0 Å². The molecule has 0 radical (unpaired) electrons. The number of nitrogens with zero attached hydrogens (tertiary/aromatic N) is 2. The van der Waals surface area contributed by atoms with Crippen LogP contribution in [-0.2, 0) is 33.8 Å². The first kappa shape index (κ1) is 15.0. The van der Waals surface area contributed by atoms with Crippen molar-refractivity contribution in [1.82, 2.24) is 9.78 Å². The van der Waals surface area contributed by atoms with Crippen molar-refractivity contribution >= 4 is 0 Å². The van der Waals surface area contributed by atoms with Crippen LogP contribution in [0.3, 0.4) is 0 Å². The van der Waals surface area contributed by atoms with Crippen LogP contribution in [0.25, 0.3) is 0 Å². The Hall–Kier alpha value is -0.910. The van der Waals surface area contributed by atoms with Gasteiger partial charge in [-0.05, 0) is 32.3 Å². The van der Waals surface area contributed by atoms with Gasteiger partial charge in [-0.1, -0.05) is 6.92 Å². The topological polar surface area (TPSA) is 45.5 Å². The second kappa shape index (κ2) is 6.46. The molecule has 1 aromatic rings. The van der Waals surface area contributed by atoms with E-state index in [1.54, 1.807) is 0 Å². The zero-order chi connectivity index (χ0) is 14.7. The molecule has 0 atom stereocenters. The molecule has 1 aliphatic carbocycles. The smallest absolute Gasteiger partial charge is 0.168 e. The summed E-state index contributed by atoms with van der Waals surface area (Å²) in [5.74, 6) is -0.291. The Labute approximate surface area is 126 Å². The van der Waals surface area contributed by atoms with Crippen molar-refractivity contribution in [3.8, 4) is 0 Å². The molecule has 0 N–H and O–H groups in total. The lowest BCUT2D eigenvalue weighted by molar-refractivity contribution is -0.192. The molecule has 0 amide bonds. The summed E-state index contributed by atoms with van der Waals surface area (Å²) in [5.41, 5.74) is 2.33. The summed E-state index contributed by atoms with van der Waals surface area (Å²) in [4.78, 5) is 0. The maximum Gasteiger partial charge on any atom is 0.168 e. The Bertz CT molecular complexity index is 456. The molecule has 2 heterocycles. The standard InChI is InChI=1S/C16H26N2O3/c1-3-13-11-14(18(4-2)17-13)12-19-15-5-7-16(8-6-15)20-9-10-21-16/h11,15H,3-10,12H2,1-2H3. The lowest BCUT2D eigenvalue weighted by atomic mass is 9.92. The maximum absolute atomic E-state index is 6.10. The van der Waals surface area contributed by atoms with Gasteiger partial charge in [-0.2, -0.15) is 5.10 Å². The Morgan fingerprint density at radius 1 is 1.29 bits per heavy atom. The molecule has 1 spiro atoms. The summed E-state index contributed by atoms with van der Waals surface area (Å²) in [6, 6.07) is 2.16. The molecular formula is C16H26N2O3. The first-order valence-corrected chi connectivity index (χ1v) is 8.20. The third-order valence-corrected chi connectivity index (χ3v) is 4.55. The van der Waals surface area contributed by atoms with Crippen LogP contribution in [0.2, 0.25) is 0 Å². The lowest BCUT2D eigenvalue weighted by Crippen LogP contribution is -2.37. The summed E-state index contributed by atoms with van der Waals surface area (Å²) >= 11 is 0. The van der Waals surface area contributed by atoms with Crippen LogP contribution in [0.4, 0.5) is 0 Å². The summed E-state index contributed by atoms with van der Waals surface area (Å²) in [7, 11) is 0. The van der Waals surface area contributed by atoms with Crippen LogP contribution in [0.15, 0.2) is 6.07 Å². The van der Waals surface area contributed by atoms with Crippen LogP contribution in [0, 0.1) is 0 Å². The van der Waals surface area contributed by atoms with Crippen LogP contribution in [0.1, 0.15) is 50.9 Å². The van der Waals surface area contributed by atoms with Gasteiger partial charge in [0, 0.05) is 19.4 Å². The summed E-state index contributed by atoms with van der Waals surface area (Å²) in [6.07, 6.45) is 5.21. The number of hydrogen-bond acceptors (Lipinski definition) is 4. The Morgan fingerprint density at radius 2 is 2.00 bits per heavy atom. The predicted molar refractivity (Wildman–Crippen MR) is 79.0 cm³/mol. The van der Waals surface area contributed by atoms with Gasteiger partial charge < -0.3 is 14.2 Å². The molecule has 2 fully saturated rings. The quantitative estimate of drug-likeness (QED) is 0.837. The van der Waals surface area contributed by atoms with Gasteiger partial charge in [0.15, 0.2) is 5.79 Å². The lowest BCUT2D eigenvalue weighted by Gasteiger charge is -2.35. The fourth-order valence-electron chi connectivity index (χ4n) is 3.26. The van der Waals surface area contributed by atoms with Crippen molar-refractivity contribution in [2.75, 3.05) is 13.2 Å². The third kappa shape index (κ3) is 3.30. The molecule has 118 valence electrons. The van der Waals surface area contributed by atoms with E-state index in [0.29, 0.717) is 12.7 Å². The van der Waals surface area contributed by atoms with Gasteiger partial charge in [-0.25, -0.2) is 0 Å². The van der Waals surface area contributed by atoms with Crippen LogP contribution >= 0.6 is 0 Å². The van der Waals surface area contributed by atoms with E-state index in [1.807, 2.05) is 4.68 Å². The van der Waals surface area contributed by atoms with Gasteiger partial charge in [0.2, 0.25) is 0 Å². The normalized spacial score (nSPS) is 22.2. The second-order valence-electron chi connectivity index (χ2n) is 5.91. The molecule has 3 rings (SSSR count). The van der Waals surface area contributed by atoms with Gasteiger partial charge >= 0.3 is 0 Å². The zero-order valence-corrected chi connectivity index (χ0v) is 13.1. The molecule has 0 bridgehead atoms. The molecule has 1 saturated carbocycles. The number of rotatable bonds is 5. The molecule has 1 aromatic heterocycles. The van der Waals surface area contributed by atoms with E-state index in [1.165, 1.54) is 5.69 Å². The molecule has 5 nitrogen and oxygen atoms in total. The SMILES string of the molecule is CCc1cc(COC2CCC3(CC2)OCCO3)n(CC)n1. The molecule has 0 unspecified atom stereocenters. The van der Waals surface area contributed by atoms with E-state index < -0.39 is 0 Å². The van der Waals surface area contributed by atoms with Gasteiger partial charge in [-0.15, -0.1) is 0 Å². The highest BCUT2D eigenvalue weighted by Crippen LogP contribution is 2.36. The largest absolute Gasteiger partial charge is 0.372 e. The average Bonchev–Trinajstić information content (AvgIpc) is 3.13. The van der Waals surface area contributed by atoms with E-state index in [2.05, 4.69) is 25.0 Å². The molecule has 21 heavy (non-hydrogen) atoms. The summed E-state index contributed by atoms with van der Waals surface area (Å²) in [6.45, 7) is 7.28. The van der Waals surface area contributed by atoms with Gasteiger partial charge in [0.1, 0.15) is 0 Å². The highest BCUT2D eigenvalue weighted by molar-refractivity contribution is 5.09. The highest BCUT2D eigenvalue weighted by Gasteiger charge is 2.40. The van der Waals surface area contributed by atoms with Crippen molar-refractivity contribution in [3.63, 3.8) is 0 Å². The van der Waals surface area contributed by atoms with Gasteiger partial charge in [0.25, 0.3) is 0 Å². The van der Waals surface area contributed by atoms with Crippen LogP contribution < -0.4 is 0 Å². The van der Waals surface area contributed by atoms with E-state index in [-0.39, 0.29) is 5.79 Å². The number of hydrogen-bond donors (Lipinski definition) is 0. The first-order chi connectivity index (χ1) is 10.2. The van der Waals surface area contributed by atoms with Crippen LogP contribution in [0.5, 0.6) is 0 Å². The first-order valence-electron chi connectivity index (χ1n) is 8.20. The molecule has 2 aliphatic rings. The van der Waals surface area contributed by atoms with Crippen molar-refractivity contribution in [3.05, 3.63) is 17.5 Å². The van der Waals surface area contributed by atoms with E-state index in [9.17, 15) is 0 Å². The Kier molecular flexibility index (Phi) is 4.62. The van der Waals surface area contributed by atoms with Crippen molar-refractivity contribution in [1.29, 1.82) is 0 Å². The minimum atomic E-state index is -0.291. The fourth-order valence-corrected chi connectivity index (χ4v) is 3.26. The van der Waals surface area contributed by atoms with Gasteiger partial charge in [-0.3, -0.25) is 4.68 Å². The minimum absolute atomic E-state index is 0.291. The Balaban J connectivity index is 1.51. The zero-order valence-electron chi connectivity index (χ0n) is 13.1. The van der Waals surface area contributed by atoms with Crippen LogP contribution in [-0.4, -0.2) is 34.9 Å². The molecule has 5 heteroatoms. The van der Waals surface area contributed by atoms with Gasteiger partial charge in [0.05, 0.1) is 37.3 Å². The number of aryl methyl sites for hydroxylation is 2. The Morgan fingerprint density at radius 3 is 2.62 bits per heavy atom. The molecular weight excluding hydrogens is 268 g/mol. The third-order valence-electron chi connectivity index (χ3n) is 4.55. The fraction of sp³-hybridized carbons (Fsp3) is 0.812. The maximum atomic E-state index is 6.10. The van der Waals surface area contributed by atoms with Crippen molar-refractivity contribution < 1.29 is 14.2 Å². The highest BCUT2D eigenvalue weighted by atomic mass is 16.7. The predicted octanol–water partition coefficient (Wildman–Crippen LogP) is 2.67. The minimum Gasteiger partial charge on any atom is -0.372 e. The molecule has 1 saturated heterocycles. The number of ether oxygens (including phenoxy) is 3. The van der Waals surface area contributed by atoms with Crippen molar-refractivity contribution in [2.45, 2.75) is 71.0 Å². The molecule has 0 aromatic carbocycles. The monoisotopic (exact) mass is 294 g/mol. The molecule has 1 aliphatic heterocycles. The average molecular weight is 294 g/mol. The van der Waals surface area contributed by atoms with Crippen molar-refractivity contribution in [2.24, 2.45) is 0 Å². The summed E-state index contributed by atoms with van der Waals surface area (Å²) in [5, 5.41) is 4.57. The van der Waals surface area contributed by atoms with E-state index in [0.717, 1.165) is 57.6 Å².